The highest BCUT2D eigenvalue weighted by Gasteiger charge is 2.56. The second kappa shape index (κ2) is 8.46. The van der Waals surface area contributed by atoms with Crippen LogP contribution in [0, 0.1) is 29.1 Å². The zero-order valence-corrected chi connectivity index (χ0v) is 19.5. The number of hydrogen-bond acceptors (Lipinski definition) is 5. The summed E-state index contributed by atoms with van der Waals surface area (Å²) in [4.78, 5) is 28.6. The minimum atomic E-state index is -0.621. The van der Waals surface area contributed by atoms with Crippen LogP contribution in [0.1, 0.15) is 52.1 Å². The van der Waals surface area contributed by atoms with E-state index < -0.39 is 23.5 Å². The van der Waals surface area contributed by atoms with Gasteiger partial charge >= 0.3 is 0 Å². The van der Waals surface area contributed by atoms with Gasteiger partial charge < -0.3 is 10.6 Å². The van der Waals surface area contributed by atoms with E-state index in [-0.39, 0.29) is 17.6 Å². The van der Waals surface area contributed by atoms with Gasteiger partial charge in [-0.3, -0.25) is 9.59 Å². The molecular formula is C23H29ClFN5O2. The van der Waals surface area contributed by atoms with Crippen LogP contribution in [0.3, 0.4) is 0 Å². The molecule has 2 aromatic rings. The molecule has 0 saturated heterocycles. The number of carbonyl (C=O) groups is 1. The summed E-state index contributed by atoms with van der Waals surface area (Å²) in [5.74, 6) is 0.755. The summed E-state index contributed by atoms with van der Waals surface area (Å²) >= 11 is 6.36. The Morgan fingerprint density at radius 3 is 2.81 bits per heavy atom. The molecular weight excluding hydrogens is 433 g/mol. The first-order valence-electron chi connectivity index (χ1n) is 11.0. The third kappa shape index (κ3) is 4.12. The molecule has 0 radical (unpaired) electrons. The van der Waals surface area contributed by atoms with Gasteiger partial charge in [0.1, 0.15) is 11.6 Å². The van der Waals surface area contributed by atoms with Crippen LogP contribution in [0.15, 0.2) is 29.3 Å². The highest BCUT2D eigenvalue weighted by atomic mass is 35.5. The number of hydrogen-bond donors (Lipinski definition) is 2. The third-order valence-electron chi connectivity index (χ3n) is 7.60. The Kier molecular flexibility index (Phi) is 6.00. The molecule has 5 rings (SSSR count). The Bertz CT molecular complexity index is 1090. The summed E-state index contributed by atoms with van der Waals surface area (Å²) < 4.78 is 14.3. The van der Waals surface area contributed by atoms with Crippen molar-refractivity contribution in [3.8, 4) is 0 Å². The fourth-order valence-corrected chi connectivity index (χ4v) is 5.61. The standard InChI is InChI=1S/C23H29ClFN5O2/c1-12-16-8-15(23(16,3)4)9-17(12)29-18-10-27-30(22(32)21(18)24)11-20(31)28-13(2)14-5-6-26-19(25)7-14/h5-7,10,12-13,15-17,29H,8-9,11H2,1-4H3,(H,28,31)/t12-,13?,15-,16+,17-/m1/s1. The first-order chi connectivity index (χ1) is 15.1. The van der Waals surface area contributed by atoms with Crippen molar-refractivity contribution in [1.82, 2.24) is 20.1 Å². The molecule has 7 nitrogen and oxygen atoms in total. The smallest absolute Gasteiger partial charge is 0.288 e. The molecule has 5 atom stereocenters. The number of carbonyl (C=O) groups excluding carboxylic acids is 1. The van der Waals surface area contributed by atoms with Crippen molar-refractivity contribution in [3.63, 3.8) is 0 Å². The molecule has 2 N–H and O–H groups in total. The maximum Gasteiger partial charge on any atom is 0.288 e. The lowest BCUT2D eigenvalue weighted by Crippen LogP contribution is -2.58. The minimum absolute atomic E-state index is 0.0303. The molecule has 2 bridgehead atoms. The van der Waals surface area contributed by atoms with Crippen LogP contribution in [-0.4, -0.2) is 26.7 Å². The van der Waals surface area contributed by atoms with Gasteiger partial charge in [-0.15, -0.1) is 0 Å². The van der Waals surface area contributed by atoms with E-state index in [0.29, 0.717) is 34.4 Å². The Morgan fingerprint density at radius 2 is 2.16 bits per heavy atom. The van der Waals surface area contributed by atoms with Crippen LogP contribution >= 0.6 is 11.6 Å². The van der Waals surface area contributed by atoms with E-state index in [1.54, 1.807) is 13.0 Å². The first kappa shape index (κ1) is 22.7. The molecule has 1 unspecified atom stereocenters. The lowest BCUT2D eigenvalue weighted by molar-refractivity contribution is -0.122. The predicted octanol–water partition coefficient (Wildman–Crippen LogP) is 3.79. The molecule has 2 heterocycles. The quantitative estimate of drug-likeness (QED) is 0.639. The van der Waals surface area contributed by atoms with Crippen molar-refractivity contribution in [2.45, 2.75) is 59.2 Å². The Hall–Kier alpha value is -2.48. The highest BCUT2D eigenvalue weighted by Crippen LogP contribution is 2.61. The van der Waals surface area contributed by atoms with Gasteiger partial charge in [0.05, 0.1) is 17.9 Å². The maximum absolute atomic E-state index is 13.3. The zero-order chi connectivity index (χ0) is 23.2. The summed E-state index contributed by atoms with van der Waals surface area (Å²) in [7, 11) is 0. The molecule has 9 heteroatoms. The fourth-order valence-electron chi connectivity index (χ4n) is 5.41. The molecule has 3 aliphatic carbocycles. The number of pyridine rings is 1. The largest absolute Gasteiger partial charge is 0.379 e. The summed E-state index contributed by atoms with van der Waals surface area (Å²) in [6.45, 7) is 8.37. The van der Waals surface area contributed by atoms with Gasteiger partial charge in [-0.05, 0) is 60.6 Å². The van der Waals surface area contributed by atoms with Crippen molar-refractivity contribution in [2.75, 3.05) is 5.32 Å². The van der Waals surface area contributed by atoms with Gasteiger partial charge in [-0.25, -0.2) is 9.67 Å². The monoisotopic (exact) mass is 461 g/mol. The Morgan fingerprint density at radius 1 is 1.41 bits per heavy atom. The van der Waals surface area contributed by atoms with E-state index in [2.05, 4.69) is 41.5 Å². The number of nitrogens with one attached hydrogen (secondary N) is 2. The second-order valence-corrected chi connectivity index (χ2v) is 10.1. The number of fused-ring (bicyclic) bond motifs is 2. The van der Waals surface area contributed by atoms with Crippen molar-refractivity contribution in [2.24, 2.45) is 23.2 Å². The average Bonchev–Trinajstić information content (AvgIpc) is 2.74. The van der Waals surface area contributed by atoms with Crippen LogP contribution in [0.25, 0.3) is 0 Å². The van der Waals surface area contributed by atoms with Gasteiger partial charge in [0.15, 0.2) is 0 Å². The molecule has 3 fully saturated rings. The normalized spacial score (nSPS) is 26.7. The molecule has 1 amide bonds. The minimum Gasteiger partial charge on any atom is -0.379 e. The maximum atomic E-state index is 13.3. The van der Waals surface area contributed by atoms with E-state index in [0.717, 1.165) is 11.1 Å². The van der Waals surface area contributed by atoms with E-state index in [4.69, 9.17) is 11.6 Å². The van der Waals surface area contributed by atoms with Gasteiger partial charge in [0, 0.05) is 12.2 Å². The second-order valence-electron chi connectivity index (χ2n) is 9.74. The summed E-state index contributed by atoms with van der Waals surface area (Å²) in [6, 6.07) is 2.67. The first-order valence-corrected chi connectivity index (χ1v) is 11.4. The number of amides is 1. The van der Waals surface area contributed by atoms with Crippen molar-refractivity contribution in [1.29, 1.82) is 0 Å². The highest BCUT2D eigenvalue weighted by molar-refractivity contribution is 6.32. The Labute approximate surface area is 191 Å². The summed E-state index contributed by atoms with van der Waals surface area (Å²) in [5.41, 5.74) is 0.926. The lowest BCUT2D eigenvalue weighted by atomic mass is 9.45. The predicted molar refractivity (Wildman–Crippen MR) is 121 cm³/mol. The Balaban J connectivity index is 1.41. The van der Waals surface area contributed by atoms with E-state index in [1.807, 2.05) is 0 Å². The van der Waals surface area contributed by atoms with Crippen molar-refractivity contribution < 1.29 is 9.18 Å². The third-order valence-corrected chi connectivity index (χ3v) is 7.97. The van der Waals surface area contributed by atoms with Crippen LogP contribution < -0.4 is 16.2 Å². The number of anilines is 1. The van der Waals surface area contributed by atoms with Crippen LogP contribution in [-0.2, 0) is 11.3 Å². The SMILES string of the molecule is CC(NC(=O)Cn1ncc(N[C@@H]2C[C@H]3C[C@@H]([C@H]2C)C3(C)C)c(Cl)c1=O)c1ccnc(F)c1. The van der Waals surface area contributed by atoms with Gasteiger partial charge in [-0.2, -0.15) is 9.49 Å². The molecule has 0 aliphatic heterocycles. The number of nitrogens with zero attached hydrogens (tertiary/aromatic N) is 3. The molecule has 0 aromatic carbocycles. The van der Waals surface area contributed by atoms with E-state index in [1.165, 1.54) is 24.9 Å². The van der Waals surface area contributed by atoms with Gasteiger partial charge in [0.25, 0.3) is 5.56 Å². The lowest BCUT2D eigenvalue weighted by Gasteiger charge is -2.62. The molecule has 3 aliphatic rings. The van der Waals surface area contributed by atoms with Crippen LogP contribution in [0.4, 0.5) is 10.1 Å². The number of aromatic nitrogens is 3. The van der Waals surface area contributed by atoms with Crippen molar-refractivity contribution >= 4 is 23.2 Å². The average molecular weight is 462 g/mol. The van der Waals surface area contributed by atoms with Crippen molar-refractivity contribution in [3.05, 3.63) is 51.4 Å². The van der Waals surface area contributed by atoms with E-state index in [9.17, 15) is 14.0 Å². The van der Waals surface area contributed by atoms with E-state index >= 15 is 0 Å². The molecule has 172 valence electrons. The number of rotatable bonds is 6. The van der Waals surface area contributed by atoms with Gasteiger partial charge in [0.2, 0.25) is 11.9 Å². The van der Waals surface area contributed by atoms with Crippen LogP contribution in [0.5, 0.6) is 0 Å². The molecule has 0 spiro atoms. The number of halogens is 2. The summed E-state index contributed by atoms with van der Waals surface area (Å²) in [6.07, 6.45) is 5.15. The van der Waals surface area contributed by atoms with Crippen LogP contribution in [0.2, 0.25) is 5.02 Å². The molecule has 2 aromatic heterocycles. The summed E-state index contributed by atoms with van der Waals surface area (Å²) in [5, 5.41) is 10.3. The zero-order valence-electron chi connectivity index (χ0n) is 18.7. The molecule has 3 saturated carbocycles. The van der Waals surface area contributed by atoms with Gasteiger partial charge in [-0.1, -0.05) is 32.4 Å². The fraction of sp³-hybridized carbons (Fsp3) is 0.565. The molecule has 32 heavy (non-hydrogen) atoms. The topological polar surface area (TPSA) is 88.9 Å².